The van der Waals surface area contributed by atoms with E-state index in [0.717, 1.165) is 23.3 Å². The number of rotatable bonds is 4. The van der Waals surface area contributed by atoms with E-state index < -0.39 is 6.10 Å². The van der Waals surface area contributed by atoms with E-state index >= 15 is 0 Å². The number of thiophene rings is 1. The van der Waals surface area contributed by atoms with Crippen molar-refractivity contribution in [3.63, 3.8) is 0 Å². The standard InChI is InChI=1S/C17H20FNOS/c18-13-7-5-11(6-8-13)14(10-19)17(20)16-9-12-3-1-2-4-15(12)21-16/h5-9,14,17,20H,1-4,10,19H2. The lowest BCUT2D eigenvalue weighted by atomic mass is 9.91. The Hall–Kier alpha value is -1.23. The van der Waals surface area contributed by atoms with E-state index in [4.69, 9.17) is 5.73 Å². The topological polar surface area (TPSA) is 46.2 Å². The molecule has 1 aliphatic carbocycles. The van der Waals surface area contributed by atoms with Crippen molar-refractivity contribution in [1.82, 2.24) is 0 Å². The molecule has 1 aromatic carbocycles. The van der Waals surface area contributed by atoms with E-state index in [1.54, 1.807) is 23.5 Å². The molecule has 2 nitrogen and oxygen atoms in total. The van der Waals surface area contributed by atoms with Gasteiger partial charge in [0.05, 0.1) is 6.10 Å². The van der Waals surface area contributed by atoms with E-state index in [2.05, 4.69) is 6.07 Å². The first-order valence-electron chi connectivity index (χ1n) is 7.44. The van der Waals surface area contributed by atoms with Crippen molar-refractivity contribution in [2.24, 2.45) is 5.73 Å². The van der Waals surface area contributed by atoms with Gasteiger partial charge in [0.25, 0.3) is 0 Å². The first kappa shape index (κ1) is 14.7. The van der Waals surface area contributed by atoms with Gasteiger partial charge in [0.15, 0.2) is 0 Å². The number of aliphatic hydroxyl groups excluding tert-OH is 1. The van der Waals surface area contributed by atoms with Gasteiger partial charge in [0.2, 0.25) is 0 Å². The third-order valence-electron chi connectivity index (χ3n) is 4.24. The van der Waals surface area contributed by atoms with Crippen LogP contribution in [0.3, 0.4) is 0 Å². The number of hydrogen-bond donors (Lipinski definition) is 2. The summed E-state index contributed by atoms with van der Waals surface area (Å²) >= 11 is 1.71. The maximum atomic E-state index is 13.0. The van der Waals surface area contributed by atoms with Crippen LogP contribution in [0, 0.1) is 5.82 Å². The first-order chi connectivity index (χ1) is 10.2. The Labute approximate surface area is 128 Å². The average molecular weight is 305 g/mol. The summed E-state index contributed by atoms with van der Waals surface area (Å²) in [5, 5.41) is 10.7. The lowest BCUT2D eigenvalue weighted by molar-refractivity contribution is 0.151. The fraction of sp³-hybridized carbons (Fsp3) is 0.412. The van der Waals surface area contributed by atoms with Crippen molar-refractivity contribution in [2.75, 3.05) is 6.54 Å². The minimum Gasteiger partial charge on any atom is -0.387 e. The van der Waals surface area contributed by atoms with Crippen LogP contribution in [-0.2, 0) is 12.8 Å². The molecule has 1 aromatic heterocycles. The second-order valence-corrected chi connectivity index (χ2v) is 6.81. The third-order valence-corrected chi connectivity index (χ3v) is 5.55. The predicted octanol–water partition coefficient (Wildman–Crippen LogP) is 3.54. The number of benzene rings is 1. The quantitative estimate of drug-likeness (QED) is 0.907. The van der Waals surface area contributed by atoms with Gasteiger partial charge in [0, 0.05) is 22.2 Å². The van der Waals surface area contributed by atoms with Crippen LogP contribution in [0.2, 0.25) is 0 Å². The lowest BCUT2D eigenvalue weighted by Gasteiger charge is -2.21. The van der Waals surface area contributed by atoms with Gasteiger partial charge in [-0.25, -0.2) is 4.39 Å². The molecule has 0 bridgehead atoms. The molecule has 3 N–H and O–H groups in total. The Kier molecular flexibility index (Phi) is 4.38. The van der Waals surface area contributed by atoms with Crippen LogP contribution in [-0.4, -0.2) is 11.7 Å². The molecule has 0 amide bonds. The summed E-state index contributed by atoms with van der Waals surface area (Å²) in [6, 6.07) is 8.40. The number of halogens is 1. The molecule has 2 aromatic rings. The minimum atomic E-state index is -0.615. The van der Waals surface area contributed by atoms with Gasteiger partial charge in [-0.1, -0.05) is 12.1 Å². The van der Waals surface area contributed by atoms with Gasteiger partial charge in [0.1, 0.15) is 5.82 Å². The fourth-order valence-corrected chi connectivity index (χ4v) is 4.32. The van der Waals surface area contributed by atoms with Crippen molar-refractivity contribution in [3.8, 4) is 0 Å². The molecular formula is C17H20FNOS. The van der Waals surface area contributed by atoms with E-state index in [-0.39, 0.29) is 11.7 Å². The molecule has 0 aliphatic heterocycles. The molecule has 2 atom stereocenters. The van der Waals surface area contributed by atoms with Gasteiger partial charge in [-0.05, 0) is 55.0 Å². The summed E-state index contributed by atoms with van der Waals surface area (Å²) in [5.74, 6) is -0.457. The Morgan fingerprint density at radius 2 is 1.90 bits per heavy atom. The van der Waals surface area contributed by atoms with E-state index in [9.17, 15) is 9.50 Å². The zero-order valence-corrected chi connectivity index (χ0v) is 12.7. The SMILES string of the molecule is NCC(c1ccc(F)cc1)C(O)c1cc2c(s1)CCCC2. The highest BCUT2D eigenvalue weighted by atomic mass is 32.1. The molecule has 0 saturated carbocycles. The maximum Gasteiger partial charge on any atom is 0.123 e. The zero-order chi connectivity index (χ0) is 14.8. The van der Waals surface area contributed by atoms with Gasteiger partial charge < -0.3 is 10.8 Å². The lowest BCUT2D eigenvalue weighted by Crippen LogP contribution is -2.19. The molecule has 0 radical (unpaired) electrons. The van der Waals surface area contributed by atoms with Crippen molar-refractivity contribution in [2.45, 2.75) is 37.7 Å². The Bertz CT molecular complexity index is 584. The largest absolute Gasteiger partial charge is 0.387 e. The summed E-state index contributed by atoms with van der Waals surface area (Å²) in [7, 11) is 0. The summed E-state index contributed by atoms with van der Waals surface area (Å²) < 4.78 is 13.0. The number of aryl methyl sites for hydroxylation is 2. The number of fused-ring (bicyclic) bond motifs is 1. The van der Waals surface area contributed by atoms with Crippen molar-refractivity contribution >= 4 is 11.3 Å². The molecule has 1 aliphatic rings. The van der Waals surface area contributed by atoms with E-state index in [0.29, 0.717) is 6.54 Å². The zero-order valence-electron chi connectivity index (χ0n) is 11.9. The maximum absolute atomic E-state index is 13.0. The van der Waals surface area contributed by atoms with Gasteiger partial charge in [-0.3, -0.25) is 0 Å². The minimum absolute atomic E-state index is 0.189. The summed E-state index contributed by atoms with van der Waals surface area (Å²) in [5.41, 5.74) is 8.13. The number of aliphatic hydroxyl groups is 1. The molecular weight excluding hydrogens is 285 g/mol. The smallest absolute Gasteiger partial charge is 0.123 e. The molecule has 0 saturated heterocycles. The second-order valence-electron chi connectivity index (χ2n) is 5.64. The van der Waals surface area contributed by atoms with Crippen LogP contribution in [0.25, 0.3) is 0 Å². The Balaban J connectivity index is 1.86. The highest BCUT2D eigenvalue weighted by Gasteiger charge is 2.25. The van der Waals surface area contributed by atoms with Crippen LogP contribution < -0.4 is 5.73 Å². The molecule has 0 spiro atoms. The van der Waals surface area contributed by atoms with Crippen LogP contribution in [0.5, 0.6) is 0 Å². The van der Waals surface area contributed by atoms with Crippen LogP contribution >= 0.6 is 11.3 Å². The molecule has 3 rings (SSSR count). The molecule has 1 heterocycles. The molecule has 4 heteroatoms. The van der Waals surface area contributed by atoms with Crippen LogP contribution in [0.1, 0.15) is 45.7 Å². The highest BCUT2D eigenvalue weighted by molar-refractivity contribution is 7.12. The van der Waals surface area contributed by atoms with E-state index in [1.165, 1.54) is 35.4 Å². The Morgan fingerprint density at radius 3 is 2.57 bits per heavy atom. The van der Waals surface area contributed by atoms with Crippen LogP contribution in [0.4, 0.5) is 4.39 Å². The fourth-order valence-electron chi connectivity index (χ4n) is 3.01. The van der Waals surface area contributed by atoms with Crippen LogP contribution in [0.15, 0.2) is 30.3 Å². The summed E-state index contributed by atoms with van der Waals surface area (Å²) in [4.78, 5) is 2.40. The molecule has 21 heavy (non-hydrogen) atoms. The van der Waals surface area contributed by atoms with Gasteiger partial charge >= 0.3 is 0 Å². The monoisotopic (exact) mass is 305 g/mol. The van der Waals surface area contributed by atoms with Gasteiger partial charge in [-0.2, -0.15) is 0 Å². The third kappa shape index (κ3) is 3.03. The van der Waals surface area contributed by atoms with E-state index in [1.807, 2.05) is 0 Å². The highest BCUT2D eigenvalue weighted by Crippen LogP contribution is 2.38. The summed E-state index contributed by atoms with van der Waals surface area (Å²) in [6.45, 7) is 0.343. The van der Waals surface area contributed by atoms with Crippen molar-refractivity contribution in [1.29, 1.82) is 0 Å². The number of hydrogen-bond acceptors (Lipinski definition) is 3. The van der Waals surface area contributed by atoms with Crippen molar-refractivity contribution < 1.29 is 9.50 Å². The number of nitrogens with two attached hydrogens (primary N) is 1. The molecule has 0 fully saturated rings. The first-order valence-corrected chi connectivity index (χ1v) is 8.25. The normalized spacial score (nSPS) is 17.3. The second kappa shape index (κ2) is 6.26. The summed E-state index contributed by atoms with van der Waals surface area (Å²) in [6.07, 6.45) is 4.09. The Morgan fingerprint density at radius 1 is 1.19 bits per heavy atom. The van der Waals surface area contributed by atoms with Gasteiger partial charge in [-0.15, -0.1) is 11.3 Å². The molecule has 112 valence electrons. The molecule has 2 unspecified atom stereocenters. The van der Waals surface area contributed by atoms with Crippen molar-refractivity contribution in [3.05, 3.63) is 57.0 Å². The predicted molar refractivity (Wildman–Crippen MR) is 84.1 cm³/mol. The average Bonchev–Trinajstić information content (AvgIpc) is 2.93.